The normalized spacial score (nSPS) is 17.4. The second-order valence-electron chi connectivity index (χ2n) is 8.62. The summed E-state index contributed by atoms with van der Waals surface area (Å²) in [5.41, 5.74) is 2.32. The van der Waals surface area contributed by atoms with Crippen LogP contribution in [-0.2, 0) is 12.0 Å². The maximum absolute atomic E-state index is 13.2. The fraction of sp³-hybridized carbons (Fsp3) is 0.333. The second-order valence-corrected chi connectivity index (χ2v) is 9.05. The van der Waals surface area contributed by atoms with Crippen molar-refractivity contribution in [3.8, 4) is 0 Å². The Labute approximate surface area is 189 Å². The first-order chi connectivity index (χ1) is 15.0. The van der Waals surface area contributed by atoms with E-state index in [4.69, 9.17) is 11.6 Å². The van der Waals surface area contributed by atoms with Gasteiger partial charge in [-0.15, -0.1) is 0 Å². The molecule has 0 bridgehead atoms. The van der Waals surface area contributed by atoms with Crippen molar-refractivity contribution in [3.05, 3.63) is 106 Å². The lowest BCUT2D eigenvalue weighted by atomic mass is 9.83. The number of nitrogens with zero attached hydrogens (tertiary/aromatic N) is 1. The molecular weight excluding hydrogens is 409 g/mol. The van der Waals surface area contributed by atoms with E-state index >= 15 is 0 Å². The summed E-state index contributed by atoms with van der Waals surface area (Å²) in [6, 6.07) is 24.6. The zero-order valence-corrected chi connectivity index (χ0v) is 18.4. The highest BCUT2D eigenvalue weighted by Crippen LogP contribution is 2.32. The molecule has 0 amide bonds. The molecule has 0 saturated carbocycles. The van der Waals surface area contributed by atoms with Crippen LogP contribution < -0.4 is 0 Å². The fourth-order valence-electron chi connectivity index (χ4n) is 4.59. The lowest BCUT2D eigenvalue weighted by molar-refractivity contribution is 0.0149. The highest BCUT2D eigenvalue weighted by atomic mass is 35.5. The largest absolute Gasteiger partial charge is 0.385 e. The van der Waals surface area contributed by atoms with Gasteiger partial charge in [-0.25, -0.2) is 4.39 Å². The van der Waals surface area contributed by atoms with Gasteiger partial charge in [0, 0.05) is 18.0 Å². The van der Waals surface area contributed by atoms with Gasteiger partial charge in [0.15, 0.2) is 0 Å². The molecule has 3 aromatic rings. The quantitative estimate of drug-likeness (QED) is 0.477. The third-order valence-electron chi connectivity index (χ3n) is 6.49. The summed E-state index contributed by atoms with van der Waals surface area (Å²) < 4.78 is 13.2. The molecule has 4 rings (SSSR count). The zero-order valence-electron chi connectivity index (χ0n) is 17.7. The van der Waals surface area contributed by atoms with E-state index in [1.54, 1.807) is 12.1 Å². The Morgan fingerprint density at radius 3 is 2.19 bits per heavy atom. The molecule has 0 aromatic heterocycles. The number of halogens is 2. The minimum absolute atomic E-state index is 0.179. The Balaban J connectivity index is 1.40. The highest BCUT2D eigenvalue weighted by Gasteiger charge is 2.31. The van der Waals surface area contributed by atoms with E-state index in [9.17, 15) is 9.50 Å². The third kappa shape index (κ3) is 5.74. The molecule has 1 N–H and O–H groups in total. The number of aliphatic hydroxyl groups is 1. The zero-order chi connectivity index (χ0) is 21.7. The lowest BCUT2D eigenvalue weighted by Gasteiger charge is -2.36. The molecular formula is C27H29ClFNO. The van der Waals surface area contributed by atoms with Crippen molar-refractivity contribution in [2.75, 3.05) is 19.6 Å². The van der Waals surface area contributed by atoms with Crippen LogP contribution in [0.3, 0.4) is 0 Å². The molecule has 162 valence electrons. The Morgan fingerprint density at radius 2 is 1.55 bits per heavy atom. The fourth-order valence-corrected chi connectivity index (χ4v) is 4.72. The maximum atomic E-state index is 13.2. The SMILES string of the molecule is OC(CCN1CCC(c2ccc(F)cc2)CC1)(Cc1ccc(Cl)cc1)c1ccccc1. The van der Waals surface area contributed by atoms with Crippen LogP contribution >= 0.6 is 11.6 Å². The Bertz CT molecular complexity index is 953. The molecule has 2 nitrogen and oxygen atoms in total. The molecule has 1 saturated heterocycles. The number of likely N-dealkylation sites (tertiary alicyclic amines) is 1. The second kappa shape index (κ2) is 9.95. The molecule has 1 heterocycles. The molecule has 1 fully saturated rings. The van der Waals surface area contributed by atoms with E-state index < -0.39 is 5.60 Å². The van der Waals surface area contributed by atoms with Crippen LogP contribution in [0.15, 0.2) is 78.9 Å². The average molecular weight is 438 g/mol. The third-order valence-corrected chi connectivity index (χ3v) is 6.74. The van der Waals surface area contributed by atoms with Crippen LogP contribution in [0.5, 0.6) is 0 Å². The summed E-state index contributed by atoms with van der Waals surface area (Å²) >= 11 is 6.04. The standard InChI is InChI=1S/C27H29ClFNO/c28-25-10-6-21(7-11-25)20-27(31,24-4-2-1-3-5-24)16-19-30-17-14-23(15-18-30)22-8-12-26(29)13-9-22/h1-13,23,31H,14-20H2. The van der Waals surface area contributed by atoms with E-state index in [-0.39, 0.29) is 5.82 Å². The van der Waals surface area contributed by atoms with Crippen LogP contribution in [0.25, 0.3) is 0 Å². The predicted octanol–water partition coefficient (Wildman–Crippen LogP) is 6.18. The molecule has 1 atom stereocenters. The lowest BCUT2D eigenvalue weighted by Crippen LogP contribution is -2.38. The summed E-state index contributed by atoms with van der Waals surface area (Å²) in [6.45, 7) is 2.83. The molecule has 0 radical (unpaired) electrons. The van der Waals surface area contributed by atoms with Gasteiger partial charge < -0.3 is 10.0 Å². The van der Waals surface area contributed by atoms with E-state index in [0.29, 0.717) is 23.8 Å². The molecule has 1 aliphatic heterocycles. The van der Waals surface area contributed by atoms with E-state index in [1.807, 2.05) is 66.7 Å². The van der Waals surface area contributed by atoms with Gasteiger partial charge in [-0.3, -0.25) is 0 Å². The average Bonchev–Trinajstić information content (AvgIpc) is 2.81. The minimum Gasteiger partial charge on any atom is -0.385 e. The van der Waals surface area contributed by atoms with E-state index in [2.05, 4.69) is 4.90 Å². The van der Waals surface area contributed by atoms with Crippen molar-refractivity contribution in [2.24, 2.45) is 0 Å². The predicted molar refractivity (Wildman–Crippen MR) is 125 cm³/mol. The van der Waals surface area contributed by atoms with Crippen LogP contribution in [0.4, 0.5) is 4.39 Å². The summed E-state index contributed by atoms with van der Waals surface area (Å²) in [5, 5.41) is 12.4. The van der Waals surface area contributed by atoms with Gasteiger partial charge in [-0.2, -0.15) is 0 Å². The molecule has 31 heavy (non-hydrogen) atoms. The molecule has 1 unspecified atom stereocenters. The van der Waals surface area contributed by atoms with Gasteiger partial charge >= 0.3 is 0 Å². The molecule has 3 aromatic carbocycles. The molecule has 0 spiro atoms. The van der Waals surface area contributed by atoms with E-state index in [0.717, 1.165) is 43.6 Å². The van der Waals surface area contributed by atoms with Gasteiger partial charge in [0.1, 0.15) is 5.82 Å². The maximum Gasteiger partial charge on any atom is 0.123 e. The van der Waals surface area contributed by atoms with Crippen molar-refractivity contribution in [1.82, 2.24) is 4.90 Å². The number of hydrogen-bond acceptors (Lipinski definition) is 2. The van der Waals surface area contributed by atoms with Gasteiger partial charge in [-0.1, -0.05) is 66.2 Å². The van der Waals surface area contributed by atoms with Gasteiger partial charge in [0.25, 0.3) is 0 Å². The van der Waals surface area contributed by atoms with Crippen molar-refractivity contribution in [1.29, 1.82) is 0 Å². The first kappa shape index (κ1) is 22.0. The molecule has 4 heteroatoms. The number of rotatable bonds is 7. The minimum atomic E-state index is -0.928. The van der Waals surface area contributed by atoms with Gasteiger partial charge in [0.05, 0.1) is 5.60 Å². The number of benzene rings is 3. The van der Waals surface area contributed by atoms with Crippen LogP contribution in [-0.4, -0.2) is 29.6 Å². The van der Waals surface area contributed by atoms with Crippen LogP contribution in [0, 0.1) is 5.82 Å². The topological polar surface area (TPSA) is 23.5 Å². The Kier molecular flexibility index (Phi) is 7.06. The number of hydrogen-bond donors (Lipinski definition) is 1. The first-order valence-electron chi connectivity index (χ1n) is 11.0. The molecule has 1 aliphatic rings. The van der Waals surface area contributed by atoms with Crippen LogP contribution in [0.1, 0.15) is 41.9 Å². The monoisotopic (exact) mass is 437 g/mol. The smallest absolute Gasteiger partial charge is 0.123 e. The van der Waals surface area contributed by atoms with Crippen molar-refractivity contribution in [3.63, 3.8) is 0 Å². The van der Waals surface area contributed by atoms with Gasteiger partial charge in [0.2, 0.25) is 0 Å². The summed E-state index contributed by atoms with van der Waals surface area (Å²) in [4.78, 5) is 2.44. The van der Waals surface area contributed by atoms with Crippen molar-refractivity contribution < 1.29 is 9.50 Å². The van der Waals surface area contributed by atoms with E-state index in [1.165, 1.54) is 5.56 Å². The van der Waals surface area contributed by atoms with Gasteiger partial charge in [-0.05, 0) is 79.2 Å². The first-order valence-corrected chi connectivity index (χ1v) is 11.4. The summed E-state index contributed by atoms with van der Waals surface area (Å²) in [5.74, 6) is 0.306. The summed E-state index contributed by atoms with van der Waals surface area (Å²) in [7, 11) is 0. The molecule has 0 aliphatic carbocycles. The Morgan fingerprint density at radius 1 is 0.903 bits per heavy atom. The summed E-state index contributed by atoms with van der Waals surface area (Å²) in [6.07, 6.45) is 3.35. The highest BCUT2D eigenvalue weighted by molar-refractivity contribution is 6.30. The Hall–Kier alpha value is -2.20. The van der Waals surface area contributed by atoms with Crippen molar-refractivity contribution >= 4 is 11.6 Å². The van der Waals surface area contributed by atoms with Crippen molar-refractivity contribution in [2.45, 2.75) is 37.2 Å². The van der Waals surface area contributed by atoms with Crippen LogP contribution in [0.2, 0.25) is 5.02 Å². The number of piperidine rings is 1.